The van der Waals surface area contributed by atoms with E-state index in [1.54, 1.807) is 12.1 Å². The van der Waals surface area contributed by atoms with Gasteiger partial charge in [-0.2, -0.15) is 4.39 Å². The number of anilines is 1. The van der Waals surface area contributed by atoms with Crippen LogP contribution in [0.5, 0.6) is 0 Å². The van der Waals surface area contributed by atoms with Crippen LogP contribution in [0.15, 0.2) is 18.2 Å². The van der Waals surface area contributed by atoms with Crippen LogP contribution in [0.4, 0.5) is 10.2 Å². The summed E-state index contributed by atoms with van der Waals surface area (Å²) in [5.41, 5.74) is 0. The molecule has 100 valence electrons. The first-order valence-corrected chi connectivity index (χ1v) is 6.47. The highest BCUT2D eigenvalue weighted by atomic mass is 19.1. The lowest BCUT2D eigenvalue weighted by atomic mass is 9.97. The fourth-order valence-electron chi connectivity index (χ4n) is 2.31. The number of hydrogen-bond donors (Lipinski definition) is 2. The van der Waals surface area contributed by atoms with E-state index in [1.807, 2.05) is 0 Å². The summed E-state index contributed by atoms with van der Waals surface area (Å²) in [6.45, 7) is 3.90. The molecule has 4 nitrogen and oxygen atoms in total. The number of piperidine rings is 1. The molecule has 0 aliphatic carbocycles. The van der Waals surface area contributed by atoms with Gasteiger partial charge in [-0.15, -0.1) is 0 Å². The lowest BCUT2D eigenvalue weighted by Gasteiger charge is -2.31. The molecule has 5 heteroatoms. The van der Waals surface area contributed by atoms with Gasteiger partial charge in [0.2, 0.25) is 5.95 Å². The first kappa shape index (κ1) is 13.2. The molecule has 2 N–H and O–H groups in total. The Hall–Kier alpha value is -1.20. The molecule has 2 heterocycles. The standard InChI is InChI=1S/C13H20FN3O/c14-12-2-1-3-13(16-12)15-10-11-4-6-17(7-5-11)8-9-18/h1-3,11,18H,4-10H2,(H,15,16). The summed E-state index contributed by atoms with van der Waals surface area (Å²) in [6.07, 6.45) is 2.23. The van der Waals surface area contributed by atoms with Gasteiger partial charge in [0.25, 0.3) is 0 Å². The molecule has 0 spiro atoms. The predicted molar refractivity (Wildman–Crippen MR) is 68.9 cm³/mol. The van der Waals surface area contributed by atoms with E-state index in [0.29, 0.717) is 11.7 Å². The molecular weight excluding hydrogens is 233 g/mol. The number of hydrogen-bond acceptors (Lipinski definition) is 4. The summed E-state index contributed by atoms with van der Waals surface area (Å²) < 4.78 is 12.9. The summed E-state index contributed by atoms with van der Waals surface area (Å²) in [5, 5.41) is 12.0. The third-order valence-electron chi connectivity index (χ3n) is 3.41. The molecule has 1 aromatic rings. The fourth-order valence-corrected chi connectivity index (χ4v) is 2.31. The number of rotatable bonds is 5. The zero-order chi connectivity index (χ0) is 12.8. The van der Waals surface area contributed by atoms with Crippen LogP contribution in [0, 0.1) is 11.9 Å². The van der Waals surface area contributed by atoms with Gasteiger partial charge in [-0.05, 0) is 44.0 Å². The Balaban J connectivity index is 1.72. The molecular formula is C13H20FN3O. The number of halogens is 1. The number of aliphatic hydroxyl groups excluding tert-OH is 1. The monoisotopic (exact) mass is 253 g/mol. The molecule has 0 unspecified atom stereocenters. The topological polar surface area (TPSA) is 48.4 Å². The first-order valence-electron chi connectivity index (χ1n) is 6.47. The highest BCUT2D eigenvalue weighted by Crippen LogP contribution is 2.17. The zero-order valence-corrected chi connectivity index (χ0v) is 10.5. The van der Waals surface area contributed by atoms with Gasteiger partial charge >= 0.3 is 0 Å². The molecule has 0 radical (unpaired) electrons. The molecule has 0 atom stereocenters. The lowest BCUT2D eigenvalue weighted by Crippen LogP contribution is -2.37. The van der Waals surface area contributed by atoms with Crippen LogP contribution in [0.2, 0.25) is 0 Å². The number of aromatic nitrogens is 1. The largest absolute Gasteiger partial charge is 0.395 e. The van der Waals surface area contributed by atoms with Crippen molar-refractivity contribution in [3.05, 3.63) is 24.1 Å². The predicted octanol–water partition coefficient (Wildman–Crippen LogP) is 1.34. The van der Waals surface area contributed by atoms with Crippen molar-refractivity contribution in [1.82, 2.24) is 9.88 Å². The second kappa shape index (κ2) is 6.66. The summed E-state index contributed by atoms with van der Waals surface area (Å²) in [6, 6.07) is 4.79. The van der Waals surface area contributed by atoms with Crippen molar-refractivity contribution in [2.45, 2.75) is 12.8 Å². The second-order valence-corrected chi connectivity index (χ2v) is 4.74. The Morgan fingerprint density at radius 3 is 2.83 bits per heavy atom. The van der Waals surface area contributed by atoms with Crippen molar-refractivity contribution in [1.29, 1.82) is 0 Å². The number of β-amino-alcohol motifs (C(OH)–C–C–N with tert-alkyl or cyclic N) is 1. The Kier molecular flexibility index (Phi) is 4.90. The van der Waals surface area contributed by atoms with Crippen molar-refractivity contribution in [2.24, 2.45) is 5.92 Å². The highest BCUT2D eigenvalue weighted by molar-refractivity contribution is 5.33. The highest BCUT2D eigenvalue weighted by Gasteiger charge is 2.18. The van der Waals surface area contributed by atoms with E-state index >= 15 is 0 Å². The lowest BCUT2D eigenvalue weighted by molar-refractivity contribution is 0.151. The summed E-state index contributed by atoms with van der Waals surface area (Å²) in [4.78, 5) is 6.06. The van der Waals surface area contributed by atoms with Gasteiger partial charge in [0.1, 0.15) is 5.82 Å². The quantitative estimate of drug-likeness (QED) is 0.777. The third kappa shape index (κ3) is 3.92. The summed E-state index contributed by atoms with van der Waals surface area (Å²) >= 11 is 0. The van der Waals surface area contributed by atoms with Crippen LogP contribution in [0.25, 0.3) is 0 Å². The van der Waals surface area contributed by atoms with Crippen LogP contribution < -0.4 is 5.32 Å². The molecule has 18 heavy (non-hydrogen) atoms. The van der Waals surface area contributed by atoms with E-state index < -0.39 is 5.95 Å². The minimum atomic E-state index is -0.447. The molecule has 0 amide bonds. The Morgan fingerprint density at radius 2 is 2.17 bits per heavy atom. The molecule has 1 saturated heterocycles. The molecule has 0 bridgehead atoms. The van der Waals surface area contributed by atoms with E-state index in [4.69, 9.17) is 5.11 Å². The number of nitrogens with one attached hydrogen (secondary N) is 1. The molecule has 1 aliphatic heterocycles. The van der Waals surface area contributed by atoms with Gasteiger partial charge in [-0.1, -0.05) is 6.07 Å². The molecule has 2 rings (SSSR count). The number of nitrogens with zero attached hydrogens (tertiary/aromatic N) is 2. The Bertz CT molecular complexity index is 367. The average molecular weight is 253 g/mol. The maximum Gasteiger partial charge on any atom is 0.214 e. The molecule has 1 aromatic heterocycles. The minimum absolute atomic E-state index is 0.232. The van der Waals surface area contributed by atoms with Gasteiger partial charge in [-0.25, -0.2) is 4.98 Å². The number of aliphatic hydroxyl groups is 1. The van der Waals surface area contributed by atoms with Crippen LogP contribution >= 0.6 is 0 Å². The van der Waals surface area contributed by atoms with Gasteiger partial charge in [0.15, 0.2) is 0 Å². The van der Waals surface area contributed by atoms with E-state index in [1.165, 1.54) is 6.07 Å². The van der Waals surface area contributed by atoms with Crippen molar-refractivity contribution >= 4 is 5.82 Å². The fraction of sp³-hybridized carbons (Fsp3) is 0.615. The second-order valence-electron chi connectivity index (χ2n) is 4.74. The molecule has 0 aromatic carbocycles. The molecule has 1 aliphatic rings. The van der Waals surface area contributed by atoms with Gasteiger partial charge in [-0.3, -0.25) is 0 Å². The minimum Gasteiger partial charge on any atom is -0.395 e. The molecule has 1 fully saturated rings. The average Bonchev–Trinajstić information content (AvgIpc) is 2.38. The van der Waals surface area contributed by atoms with E-state index in [9.17, 15) is 4.39 Å². The number of likely N-dealkylation sites (tertiary alicyclic amines) is 1. The van der Waals surface area contributed by atoms with E-state index in [-0.39, 0.29) is 6.61 Å². The summed E-state index contributed by atoms with van der Waals surface area (Å²) in [5.74, 6) is 0.760. The normalized spacial score (nSPS) is 17.9. The smallest absolute Gasteiger partial charge is 0.214 e. The first-order chi connectivity index (χ1) is 8.78. The van der Waals surface area contributed by atoms with E-state index in [2.05, 4.69) is 15.2 Å². The van der Waals surface area contributed by atoms with Crippen molar-refractivity contribution < 1.29 is 9.50 Å². The SMILES string of the molecule is OCCN1CCC(CNc2cccc(F)n2)CC1. The van der Waals surface area contributed by atoms with Crippen LogP contribution in [-0.4, -0.2) is 47.8 Å². The van der Waals surface area contributed by atoms with Crippen LogP contribution in [-0.2, 0) is 0 Å². The van der Waals surface area contributed by atoms with E-state index in [0.717, 1.165) is 39.0 Å². The maximum absolute atomic E-state index is 12.9. The Morgan fingerprint density at radius 1 is 1.39 bits per heavy atom. The summed E-state index contributed by atoms with van der Waals surface area (Å²) in [7, 11) is 0. The van der Waals surface area contributed by atoms with Crippen molar-refractivity contribution in [3.63, 3.8) is 0 Å². The third-order valence-corrected chi connectivity index (χ3v) is 3.41. The van der Waals surface area contributed by atoms with Crippen LogP contribution in [0.1, 0.15) is 12.8 Å². The number of pyridine rings is 1. The maximum atomic E-state index is 12.9. The molecule has 0 saturated carbocycles. The Labute approximate surface area is 107 Å². The van der Waals surface area contributed by atoms with Crippen molar-refractivity contribution in [2.75, 3.05) is 38.1 Å². The van der Waals surface area contributed by atoms with Gasteiger partial charge in [0.05, 0.1) is 6.61 Å². The van der Waals surface area contributed by atoms with Crippen molar-refractivity contribution in [3.8, 4) is 0 Å². The van der Waals surface area contributed by atoms with Gasteiger partial charge < -0.3 is 15.3 Å². The zero-order valence-electron chi connectivity index (χ0n) is 10.5. The van der Waals surface area contributed by atoms with Crippen LogP contribution in [0.3, 0.4) is 0 Å². The van der Waals surface area contributed by atoms with Gasteiger partial charge in [0, 0.05) is 13.1 Å².